The first-order chi connectivity index (χ1) is 25.6. The number of hydrogen-bond donors (Lipinski definition) is 3. The van der Waals surface area contributed by atoms with Crippen molar-refractivity contribution in [2.75, 3.05) is 32.8 Å². The Kier molecular flexibility index (Phi) is 19.9. The van der Waals surface area contributed by atoms with Crippen LogP contribution in [0.4, 0.5) is 0 Å². The standard InChI is InChI=1S/C41H58N4O9/c1-8-45(9-2)19-20-53-41(52)37(21-27(3)4)44-40(51)33(23-31-13-11-10-12-14-31)25-34(48)26-42-39(50)28(5)22-38(49)36(43-29(6)46)24-32-15-17-35(18-16-32)54-30(7)47/h10-18,27-28,33,36-37H,8-9,19-26H2,1-7H3,(H,42,50)(H,43,46)(H,44,51). The number of likely N-dealkylation sites (N-methyl/N-ethyl adjacent to an activating group) is 1. The lowest BCUT2D eigenvalue weighted by atomic mass is 9.92. The van der Waals surface area contributed by atoms with Crippen LogP contribution in [0.2, 0.25) is 0 Å². The van der Waals surface area contributed by atoms with Crippen LogP contribution in [0.25, 0.3) is 0 Å². The Labute approximate surface area is 319 Å². The van der Waals surface area contributed by atoms with Gasteiger partial charge in [-0.1, -0.05) is 77.1 Å². The van der Waals surface area contributed by atoms with Gasteiger partial charge in [-0.3, -0.25) is 28.8 Å². The molecule has 0 aromatic heterocycles. The quantitative estimate of drug-likeness (QED) is 0.106. The molecule has 0 spiro atoms. The number of Topliss-reactive ketones (excluding diaryl/α,β-unsaturated/α-hetero) is 2. The van der Waals surface area contributed by atoms with Crippen LogP contribution in [0.15, 0.2) is 54.6 Å². The van der Waals surface area contributed by atoms with Crippen LogP contribution in [0.5, 0.6) is 5.75 Å². The molecule has 0 aliphatic rings. The molecule has 0 fully saturated rings. The van der Waals surface area contributed by atoms with E-state index in [0.717, 1.165) is 18.7 Å². The van der Waals surface area contributed by atoms with Gasteiger partial charge in [0.1, 0.15) is 18.4 Å². The largest absolute Gasteiger partial charge is 0.463 e. The summed E-state index contributed by atoms with van der Waals surface area (Å²) in [6.07, 6.45) is 0.361. The van der Waals surface area contributed by atoms with Gasteiger partial charge in [0.15, 0.2) is 11.6 Å². The average molecular weight is 751 g/mol. The van der Waals surface area contributed by atoms with Gasteiger partial charge in [-0.2, -0.15) is 0 Å². The Morgan fingerprint density at radius 1 is 0.741 bits per heavy atom. The lowest BCUT2D eigenvalue weighted by Crippen LogP contribution is -2.47. The summed E-state index contributed by atoms with van der Waals surface area (Å²) in [7, 11) is 0. The smallest absolute Gasteiger partial charge is 0.328 e. The maximum atomic E-state index is 13.7. The van der Waals surface area contributed by atoms with Crippen LogP contribution in [0, 0.1) is 17.8 Å². The second kappa shape index (κ2) is 23.7. The van der Waals surface area contributed by atoms with Crippen molar-refractivity contribution in [3.63, 3.8) is 0 Å². The minimum absolute atomic E-state index is 0.0812. The molecule has 4 atom stereocenters. The molecule has 2 aromatic rings. The molecule has 0 radical (unpaired) electrons. The first kappa shape index (κ1) is 45.2. The van der Waals surface area contributed by atoms with E-state index in [9.17, 15) is 33.6 Å². The van der Waals surface area contributed by atoms with Crippen LogP contribution in [0.1, 0.15) is 78.9 Å². The first-order valence-corrected chi connectivity index (χ1v) is 18.7. The van der Waals surface area contributed by atoms with Crippen molar-refractivity contribution in [1.29, 1.82) is 0 Å². The number of nitrogens with zero attached hydrogens (tertiary/aromatic N) is 1. The van der Waals surface area contributed by atoms with Crippen LogP contribution in [-0.2, 0) is 51.1 Å². The Morgan fingerprint density at radius 3 is 1.94 bits per heavy atom. The van der Waals surface area contributed by atoms with Crippen molar-refractivity contribution < 1.29 is 43.0 Å². The Morgan fingerprint density at radius 2 is 1.37 bits per heavy atom. The molecule has 3 N–H and O–H groups in total. The normalized spacial score (nSPS) is 13.3. The Balaban J connectivity index is 2.05. The molecule has 0 saturated carbocycles. The van der Waals surface area contributed by atoms with E-state index in [1.807, 2.05) is 58.0 Å². The molecule has 0 saturated heterocycles. The topological polar surface area (TPSA) is 177 Å². The van der Waals surface area contributed by atoms with Gasteiger partial charge in [0.05, 0.1) is 12.6 Å². The van der Waals surface area contributed by atoms with Crippen molar-refractivity contribution in [3.05, 3.63) is 65.7 Å². The lowest BCUT2D eigenvalue weighted by molar-refractivity contribution is -0.149. The van der Waals surface area contributed by atoms with Crippen molar-refractivity contribution in [1.82, 2.24) is 20.9 Å². The summed E-state index contributed by atoms with van der Waals surface area (Å²) in [5.41, 5.74) is 1.54. The van der Waals surface area contributed by atoms with Crippen molar-refractivity contribution in [2.45, 2.75) is 92.7 Å². The second-order valence-electron chi connectivity index (χ2n) is 14.0. The van der Waals surface area contributed by atoms with Gasteiger partial charge in [0.25, 0.3) is 0 Å². The average Bonchev–Trinajstić information content (AvgIpc) is 3.12. The van der Waals surface area contributed by atoms with E-state index in [0.29, 0.717) is 24.3 Å². The molecule has 4 unspecified atom stereocenters. The summed E-state index contributed by atoms with van der Waals surface area (Å²) < 4.78 is 10.6. The highest BCUT2D eigenvalue weighted by molar-refractivity contribution is 5.94. The molecule has 0 heterocycles. The molecule has 3 amide bonds. The molecule has 2 rings (SSSR count). The number of ketones is 2. The van der Waals surface area contributed by atoms with Gasteiger partial charge in [-0.15, -0.1) is 0 Å². The van der Waals surface area contributed by atoms with E-state index < -0.39 is 59.4 Å². The van der Waals surface area contributed by atoms with Crippen LogP contribution in [0.3, 0.4) is 0 Å². The maximum Gasteiger partial charge on any atom is 0.328 e. The number of rotatable bonds is 24. The molecule has 0 aliphatic heterocycles. The monoisotopic (exact) mass is 750 g/mol. The number of carbonyl (C=O) groups excluding carboxylic acids is 7. The highest BCUT2D eigenvalue weighted by Gasteiger charge is 2.30. The number of amides is 3. The molecular weight excluding hydrogens is 692 g/mol. The van der Waals surface area contributed by atoms with E-state index >= 15 is 0 Å². The van der Waals surface area contributed by atoms with Crippen molar-refractivity contribution in [3.8, 4) is 5.75 Å². The van der Waals surface area contributed by atoms with Crippen LogP contribution in [-0.4, -0.2) is 91.0 Å². The van der Waals surface area contributed by atoms with Gasteiger partial charge >= 0.3 is 11.9 Å². The van der Waals surface area contributed by atoms with Gasteiger partial charge in [0.2, 0.25) is 17.7 Å². The fourth-order valence-electron chi connectivity index (χ4n) is 5.88. The second-order valence-corrected chi connectivity index (χ2v) is 14.0. The zero-order chi connectivity index (χ0) is 40.2. The third kappa shape index (κ3) is 17.3. The molecule has 0 bridgehead atoms. The molecular formula is C41H58N4O9. The number of ether oxygens (including phenoxy) is 2. The minimum atomic E-state index is -0.907. The number of esters is 2. The van der Waals surface area contributed by atoms with Gasteiger partial charge < -0.3 is 30.3 Å². The molecule has 13 heteroatoms. The predicted molar refractivity (Wildman–Crippen MR) is 204 cm³/mol. The van der Waals surface area contributed by atoms with Crippen molar-refractivity contribution in [2.24, 2.45) is 17.8 Å². The van der Waals surface area contributed by atoms with E-state index in [2.05, 4.69) is 20.9 Å². The summed E-state index contributed by atoms with van der Waals surface area (Å²) in [6, 6.07) is 14.0. The lowest BCUT2D eigenvalue weighted by Gasteiger charge is -2.24. The number of benzene rings is 2. The maximum absolute atomic E-state index is 13.7. The van der Waals surface area contributed by atoms with E-state index in [4.69, 9.17) is 9.47 Å². The summed E-state index contributed by atoms with van der Waals surface area (Å²) in [5, 5.41) is 8.08. The predicted octanol–water partition coefficient (Wildman–Crippen LogP) is 3.60. The third-order valence-electron chi connectivity index (χ3n) is 8.83. The first-order valence-electron chi connectivity index (χ1n) is 18.7. The molecule has 0 aliphatic carbocycles. The zero-order valence-electron chi connectivity index (χ0n) is 32.8. The summed E-state index contributed by atoms with van der Waals surface area (Å²) in [4.78, 5) is 91.6. The van der Waals surface area contributed by atoms with E-state index in [1.54, 1.807) is 31.2 Å². The number of nitrogens with one attached hydrogen (secondary N) is 3. The highest BCUT2D eigenvalue weighted by atomic mass is 16.5. The molecule has 13 nitrogen and oxygen atoms in total. The van der Waals surface area contributed by atoms with Gasteiger partial charge in [-0.05, 0) is 61.5 Å². The van der Waals surface area contributed by atoms with Crippen LogP contribution >= 0.6 is 0 Å². The Bertz CT molecular complexity index is 1540. The molecule has 2 aromatic carbocycles. The minimum Gasteiger partial charge on any atom is -0.463 e. The van der Waals surface area contributed by atoms with Gasteiger partial charge in [0, 0.05) is 45.1 Å². The fourth-order valence-corrected chi connectivity index (χ4v) is 5.88. The fraction of sp³-hybridized carbons (Fsp3) is 0.537. The van der Waals surface area contributed by atoms with E-state index in [-0.39, 0.29) is 50.5 Å². The van der Waals surface area contributed by atoms with Crippen molar-refractivity contribution >= 4 is 41.2 Å². The van der Waals surface area contributed by atoms with E-state index in [1.165, 1.54) is 13.8 Å². The third-order valence-corrected chi connectivity index (χ3v) is 8.83. The SMILES string of the molecule is CCN(CC)CCOC(=O)C(CC(C)C)NC(=O)C(CC(=O)CNC(=O)C(C)CC(=O)C(Cc1ccc(OC(C)=O)cc1)NC(C)=O)Cc1ccccc1. The summed E-state index contributed by atoms with van der Waals surface area (Å²) in [6.45, 7) is 14.1. The summed E-state index contributed by atoms with van der Waals surface area (Å²) in [5.74, 6) is -4.38. The number of hydrogen-bond acceptors (Lipinski definition) is 10. The zero-order valence-corrected chi connectivity index (χ0v) is 32.8. The molecule has 54 heavy (non-hydrogen) atoms. The van der Waals surface area contributed by atoms with Crippen LogP contribution < -0.4 is 20.7 Å². The van der Waals surface area contributed by atoms with Gasteiger partial charge in [-0.25, -0.2) is 4.79 Å². The number of carbonyl (C=O) groups is 7. The highest BCUT2D eigenvalue weighted by Crippen LogP contribution is 2.17. The summed E-state index contributed by atoms with van der Waals surface area (Å²) >= 11 is 0. The Hall–Kier alpha value is -4.91. The molecule has 296 valence electrons.